The average Bonchev–Trinajstić information content (AvgIpc) is 2.74. The molecule has 0 aromatic heterocycles. The maximum atomic E-state index is 13.1. The zero-order chi connectivity index (χ0) is 25.2. The molecule has 11 nitrogen and oxygen atoms in total. The topological polar surface area (TPSA) is 180 Å². The summed E-state index contributed by atoms with van der Waals surface area (Å²) >= 11 is 0. The fraction of sp³-hybridized carbons (Fsp3) is 0.304. The molecule has 0 atom stereocenters. The van der Waals surface area contributed by atoms with Gasteiger partial charge in [-0.25, -0.2) is 4.79 Å². The summed E-state index contributed by atoms with van der Waals surface area (Å²) in [6.45, 7) is 5.20. The molecule has 0 heterocycles. The lowest BCUT2D eigenvalue weighted by molar-refractivity contribution is -0.119. The summed E-state index contributed by atoms with van der Waals surface area (Å²) in [5.74, 6) is -2.72. The Balaban J connectivity index is 1.68. The van der Waals surface area contributed by atoms with Crippen LogP contribution in [0.15, 0.2) is 24.3 Å². The Morgan fingerprint density at radius 2 is 1.44 bits per heavy atom. The molecule has 1 aliphatic carbocycles. The first kappa shape index (κ1) is 24.4. The van der Waals surface area contributed by atoms with Crippen molar-refractivity contribution in [1.82, 2.24) is 10.6 Å². The van der Waals surface area contributed by atoms with Gasteiger partial charge in [0.2, 0.25) is 17.5 Å². The van der Waals surface area contributed by atoms with Crippen molar-refractivity contribution in [1.29, 1.82) is 0 Å². The van der Waals surface area contributed by atoms with Gasteiger partial charge in [0.15, 0.2) is 0 Å². The molecule has 0 saturated heterocycles. The Morgan fingerprint density at radius 3 is 2.09 bits per heavy atom. The normalized spacial score (nSPS) is 12.4. The highest BCUT2D eigenvalue weighted by molar-refractivity contribution is 6.33. The second-order valence-electron chi connectivity index (χ2n) is 8.60. The molecule has 0 spiro atoms. The number of nitrogens with one attached hydrogen (secondary N) is 3. The summed E-state index contributed by atoms with van der Waals surface area (Å²) in [6, 6.07) is 5.08. The van der Waals surface area contributed by atoms with Crippen molar-refractivity contribution in [3.05, 3.63) is 46.5 Å². The molecule has 0 unspecified atom stereocenters. The van der Waals surface area contributed by atoms with Crippen LogP contribution < -0.4 is 21.7 Å². The second kappa shape index (κ2) is 9.30. The van der Waals surface area contributed by atoms with Gasteiger partial charge < -0.3 is 36.6 Å². The lowest BCUT2D eigenvalue weighted by atomic mass is 9.81. The van der Waals surface area contributed by atoms with Crippen LogP contribution in [-0.4, -0.2) is 59.0 Å². The number of amides is 2. The third-order valence-electron chi connectivity index (χ3n) is 4.86. The van der Waals surface area contributed by atoms with Crippen LogP contribution in [0.2, 0.25) is 0 Å². The van der Waals surface area contributed by atoms with Gasteiger partial charge in [0.1, 0.15) is 17.1 Å². The number of nitrogens with two attached hydrogens (primary N) is 1. The molecule has 34 heavy (non-hydrogen) atoms. The zero-order valence-corrected chi connectivity index (χ0v) is 18.9. The fourth-order valence-corrected chi connectivity index (χ4v) is 3.46. The predicted molar refractivity (Wildman–Crippen MR) is 123 cm³/mol. The van der Waals surface area contributed by atoms with Crippen LogP contribution >= 0.6 is 0 Å². The summed E-state index contributed by atoms with van der Waals surface area (Å²) in [4.78, 5) is 49.9. The maximum absolute atomic E-state index is 13.1. The molecule has 180 valence electrons. The Labute approximate surface area is 195 Å². The third-order valence-corrected chi connectivity index (χ3v) is 4.86. The van der Waals surface area contributed by atoms with E-state index in [4.69, 9.17) is 10.5 Å². The first-order valence-corrected chi connectivity index (χ1v) is 10.4. The molecule has 0 bridgehead atoms. The van der Waals surface area contributed by atoms with Crippen molar-refractivity contribution >= 4 is 34.9 Å². The monoisotopic (exact) mass is 470 g/mol. The Bertz CT molecular complexity index is 1180. The Hall–Kier alpha value is -4.28. The number of ketones is 2. The number of phenolic OH excluding ortho intramolecular Hbond substituents is 2. The second-order valence-corrected chi connectivity index (χ2v) is 8.60. The number of phenols is 2. The summed E-state index contributed by atoms with van der Waals surface area (Å²) in [7, 11) is 0. The highest BCUT2D eigenvalue weighted by atomic mass is 16.6. The van der Waals surface area contributed by atoms with Crippen molar-refractivity contribution in [3.63, 3.8) is 0 Å². The molecule has 1 aliphatic rings. The number of fused-ring (bicyclic) bond motifs is 2. The molecule has 7 N–H and O–H groups in total. The van der Waals surface area contributed by atoms with Crippen molar-refractivity contribution in [2.45, 2.75) is 26.4 Å². The van der Waals surface area contributed by atoms with E-state index in [0.29, 0.717) is 0 Å². The van der Waals surface area contributed by atoms with E-state index < -0.39 is 40.7 Å². The van der Waals surface area contributed by atoms with Crippen molar-refractivity contribution in [2.75, 3.05) is 30.7 Å². The van der Waals surface area contributed by atoms with Crippen LogP contribution in [-0.2, 0) is 9.53 Å². The van der Waals surface area contributed by atoms with Crippen LogP contribution in [0.4, 0.5) is 16.2 Å². The lowest BCUT2D eigenvalue weighted by Gasteiger charge is -2.23. The van der Waals surface area contributed by atoms with Crippen LogP contribution in [0.5, 0.6) is 11.5 Å². The first-order chi connectivity index (χ1) is 15.9. The van der Waals surface area contributed by atoms with Gasteiger partial charge >= 0.3 is 6.09 Å². The average molecular weight is 470 g/mol. The van der Waals surface area contributed by atoms with Gasteiger partial charge in [-0.05, 0) is 45.0 Å². The number of aromatic hydroxyl groups is 2. The van der Waals surface area contributed by atoms with Gasteiger partial charge in [-0.1, -0.05) is 0 Å². The number of ether oxygens (including phenoxy) is 1. The van der Waals surface area contributed by atoms with Crippen molar-refractivity contribution < 1.29 is 34.1 Å². The van der Waals surface area contributed by atoms with Crippen LogP contribution in [0.25, 0.3) is 0 Å². The van der Waals surface area contributed by atoms with Crippen LogP contribution in [0.1, 0.15) is 52.6 Å². The van der Waals surface area contributed by atoms with Crippen molar-refractivity contribution in [2.24, 2.45) is 0 Å². The highest BCUT2D eigenvalue weighted by Gasteiger charge is 2.37. The molecular weight excluding hydrogens is 444 g/mol. The summed E-state index contributed by atoms with van der Waals surface area (Å²) < 4.78 is 5.09. The van der Waals surface area contributed by atoms with E-state index in [1.165, 1.54) is 24.3 Å². The first-order valence-electron chi connectivity index (χ1n) is 10.4. The number of rotatable bonds is 6. The lowest BCUT2D eigenvalue weighted by Crippen LogP contribution is -2.39. The molecule has 3 rings (SSSR count). The summed E-state index contributed by atoms with van der Waals surface area (Å²) in [5.41, 5.74) is 4.46. The number of alkyl carbamates (subject to hydrolysis) is 1. The van der Waals surface area contributed by atoms with Gasteiger partial charge in [0.05, 0.1) is 28.8 Å². The number of carbonyl (C=O) groups is 4. The van der Waals surface area contributed by atoms with E-state index >= 15 is 0 Å². The molecular formula is C23H26N4O7. The largest absolute Gasteiger partial charge is 0.507 e. The van der Waals surface area contributed by atoms with E-state index in [2.05, 4.69) is 16.0 Å². The highest BCUT2D eigenvalue weighted by Crippen LogP contribution is 2.41. The number of anilines is 2. The predicted octanol–water partition coefficient (Wildman–Crippen LogP) is 1.51. The molecule has 0 radical (unpaired) electrons. The number of nitrogen functional groups attached to an aromatic ring is 1. The Kier molecular flexibility index (Phi) is 6.66. The van der Waals surface area contributed by atoms with E-state index in [0.717, 1.165) is 0 Å². The number of hydrogen-bond donors (Lipinski definition) is 6. The van der Waals surface area contributed by atoms with Crippen LogP contribution in [0, 0.1) is 0 Å². The molecule has 2 aromatic carbocycles. The standard InChI is InChI=1S/C23H26N4O7/c1-23(2,3)34-22(33)26-9-8-25-15(30)10-27-12-5-7-14(29)19-17(12)21(32)18-13(28)6-4-11(24)16(18)20(19)31/h4-7,27-29H,8-10,24H2,1-3H3,(H,25,30)(H,26,33). The summed E-state index contributed by atoms with van der Waals surface area (Å²) in [6.07, 6.45) is -0.608. The minimum Gasteiger partial charge on any atom is -0.507 e. The summed E-state index contributed by atoms with van der Waals surface area (Å²) in [5, 5.41) is 28.3. The fourth-order valence-electron chi connectivity index (χ4n) is 3.46. The molecule has 2 aromatic rings. The van der Waals surface area contributed by atoms with Crippen molar-refractivity contribution in [3.8, 4) is 11.5 Å². The van der Waals surface area contributed by atoms with E-state index in [1.807, 2.05) is 0 Å². The molecule has 11 heteroatoms. The number of benzene rings is 2. The third kappa shape index (κ3) is 5.03. The van der Waals surface area contributed by atoms with E-state index in [9.17, 15) is 29.4 Å². The van der Waals surface area contributed by atoms with Gasteiger partial charge in [0.25, 0.3) is 0 Å². The molecule has 0 saturated carbocycles. The van der Waals surface area contributed by atoms with Gasteiger partial charge in [-0.3, -0.25) is 14.4 Å². The van der Waals surface area contributed by atoms with E-state index in [-0.39, 0.29) is 53.3 Å². The molecule has 2 amide bonds. The molecule has 0 aliphatic heterocycles. The Morgan fingerprint density at radius 1 is 0.882 bits per heavy atom. The van der Waals surface area contributed by atoms with E-state index in [1.54, 1.807) is 20.8 Å². The smallest absolute Gasteiger partial charge is 0.407 e. The van der Waals surface area contributed by atoms with Gasteiger partial charge in [-0.2, -0.15) is 0 Å². The number of hydrogen-bond acceptors (Lipinski definition) is 9. The van der Waals surface area contributed by atoms with Crippen LogP contribution in [0.3, 0.4) is 0 Å². The van der Waals surface area contributed by atoms with Gasteiger partial charge in [-0.15, -0.1) is 0 Å². The minimum atomic E-state index is -0.713. The number of carbonyl (C=O) groups excluding carboxylic acids is 4. The SMILES string of the molecule is CC(C)(C)OC(=O)NCCNC(=O)CNc1ccc(O)c2c1C(=O)c1c(O)ccc(N)c1C2=O. The van der Waals surface area contributed by atoms with Gasteiger partial charge in [0, 0.05) is 24.5 Å². The maximum Gasteiger partial charge on any atom is 0.407 e. The minimum absolute atomic E-state index is 0.00562. The quantitative estimate of drug-likeness (QED) is 0.177. The zero-order valence-electron chi connectivity index (χ0n) is 18.9. The molecule has 0 fully saturated rings.